The van der Waals surface area contributed by atoms with Crippen LogP contribution in [0.25, 0.3) is 0 Å². The van der Waals surface area contributed by atoms with Gasteiger partial charge in [0.05, 0.1) is 23.8 Å². The average molecular weight is 357 g/mol. The second kappa shape index (κ2) is 8.73. The first-order valence-corrected chi connectivity index (χ1v) is 8.40. The van der Waals surface area contributed by atoms with Crippen LogP contribution in [0.3, 0.4) is 0 Å². The van der Waals surface area contributed by atoms with Crippen LogP contribution in [0.4, 0.5) is 0 Å². The summed E-state index contributed by atoms with van der Waals surface area (Å²) in [5.41, 5.74) is 1.26. The van der Waals surface area contributed by atoms with Crippen molar-refractivity contribution in [1.29, 1.82) is 0 Å². The number of benzene rings is 1. The highest BCUT2D eigenvalue weighted by Gasteiger charge is 2.09. The Hall–Kier alpha value is -0.620. The molecule has 4 nitrogen and oxygen atoms in total. The van der Waals surface area contributed by atoms with Crippen molar-refractivity contribution in [3.05, 3.63) is 28.2 Å². The first kappa shape index (κ1) is 16.7. The van der Waals surface area contributed by atoms with Crippen LogP contribution in [0.5, 0.6) is 5.75 Å². The minimum absolute atomic E-state index is 0.193. The van der Waals surface area contributed by atoms with Gasteiger partial charge in [-0.25, -0.2) is 0 Å². The van der Waals surface area contributed by atoms with E-state index >= 15 is 0 Å². The number of halogens is 1. The largest absolute Gasteiger partial charge is 0.490 e. The summed E-state index contributed by atoms with van der Waals surface area (Å²) in [4.78, 5) is 2.44. The molecule has 1 heterocycles. The number of rotatable bonds is 7. The summed E-state index contributed by atoms with van der Waals surface area (Å²) in [5, 5.41) is 3.49. The topological polar surface area (TPSA) is 33.7 Å². The van der Waals surface area contributed by atoms with E-state index in [0.717, 1.165) is 56.2 Å². The highest BCUT2D eigenvalue weighted by Crippen LogP contribution is 2.26. The van der Waals surface area contributed by atoms with Gasteiger partial charge in [0.25, 0.3) is 0 Å². The van der Waals surface area contributed by atoms with E-state index in [4.69, 9.17) is 9.47 Å². The van der Waals surface area contributed by atoms with E-state index in [-0.39, 0.29) is 6.10 Å². The number of morpholine rings is 1. The highest BCUT2D eigenvalue weighted by atomic mass is 79.9. The van der Waals surface area contributed by atoms with E-state index in [9.17, 15) is 0 Å². The minimum Gasteiger partial charge on any atom is -0.490 e. The van der Waals surface area contributed by atoms with Crippen molar-refractivity contribution < 1.29 is 9.47 Å². The summed E-state index contributed by atoms with van der Waals surface area (Å²) in [5.74, 6) is 0.905. The van der Waals surface area contributed by atoms with Gasteiger partial charge in [0.2, 0.25) is 0 Å². The second-order valence-electron chi connectivity index (χ2n) is 5.56. The third-order valence-electron chi connectivity index (χ3n) is 3.40. The van der Waals surface area contributed by atoms with Crippen LogP contribution in [-0.2, 0) is 11.3 Å². The molecule has 1 aliphatic rings. The van der Waals surface area contributed by atoms with Crippen LogP contribution < -0.4 is 10.1 Å². The molecule has 0 spiro atoms. The molecule has 5 heteroatoms. The summed E-state index contributed by atoms with van der Waals surface area (Å²) in [6.45, 7) is 10.9. The van der Waals surface area contributed by atoms with Crippen molar-refractivity contribution in [2.75, 3.05) is 39.4 Å². The second-order valence-corrected chi connectivity index (χ2v) is 6.42. The Morgan fingerprint density at radius 2 is 2.10 bits per heavy atom. The molecule has 1 saturated heterocycles. The molecule has 0 bridgehead atoms. The highest BCUT2D eigenvalue weighted by molar-refractivity contribution is 9.10. The molecule has 0 atom stereocenters. The molecule has 21 heavy (non-hydrogen) atoms. The molecule has 1 N–H and O–H groups in total. The fraction of sp³-hybridized carbons (Fsp3) is 0.625. The third kappa shape index (κ3) is 5.94. The van der Waals surface area contributed by atoms with Crippen molar-refractivity contribution >= 4 is 15.9 Å². The predicted octanol–water partition coefficient (Wildman–Crippen LogP) is 2.66. The maximum absolute atomic E-state index is 5.72. The Bertz CT molecular complexity index is 434. The lowest BCUT2D eigenvalue weighted by atomic mass is 10.2. The summed E-state index contributed by atoms with van der Waals surface area (Å²) < 4.78 is 12.1. The fourth-order valence-electron chi connectivity index (χ4n) is 2.30. The fourth-order valence-corrected chi connectivity index (χ4v) is 2.82. The summed E-state index contributed by atoms with van der Waals surface area (Å²) in [6.07, 6.45) is 0.193. The lowest BCUT2D eigenvalue weighted by molar-refractivity contribution is 0.0384. The zero-order valence-corrected chi connectivity index (χ0v) is 14.5. The third-order valence-corrected chi connectivity index (χ3v) is 4.02. The van der Waals surface area contributed by atoms with Gasteiger partial charge >= 0.3 is 0 Å². The quantitative estimate of drug-likeness (QED) is 0.761. The molecule has 1 fully saturated rings. The summed E-state index contributed by atoms with van der Waals surface area (Å²) >= 11 is 3.57. The van der Waals surface area contributed by atoms with Gasteiger partial charge < -0.3 is 14.8 Å². The van der Waals surface area contributed by atoms with Gasteiger partial charge in [0.1, 0.15) is 5.75 Å². The van der Waals surface area contributed by atoms with E-state index < -0.39 is 0 Å². The first-order valence-electron chi connectivity index (χ1n) is 7.61. The monoisotopic (exact) mass is 356 g/mol. The van der Waals surface area contributed by atoms with Gasteiger partial charge in [-0.3, -0.25) is 4.90 Å². The molecule has 1 aromatic rings. The summed E-state index contributed by atoms with van der Waals surface area (Å²) in [7, 11) is 0. The van der Waals surface area contributed by atoms with Crippen LogP contribution in [0.2, 0.25) is 0 Å². The van der Waals surface area contributed by atoms with E-state index in [0.29, 0.717) is 0 Å². The number of nitrogens with one attached hydrogen (secondary N) is 1. The molecule has 1 aromatic carbocycles. The lowest BCUT2D eigenvalue weighted by Gasteiger charge is -2.26. The molecule has 118 valence electrons. The van der Waals surface area contributed by atoms with E-state index in [1.54, 1.807) is 0 Å². The Labute approximate surface area is 135 Å². The SMILES string of the molecule is CC(C)Oc1ccc(CNCCN2CCOCC2)cc1Br. The van der Waals surface area contributed by atoms with Crippen molar-refractivity contribution in [2.24, 2.45) is 0 Å². The Balaban J connectivity index is 1.71. The zero-order valence-electron chi connectivity index (χ0n) is 12.9. The smallest absolute Gasteiger partial charge is 0.133 e. The number of nitrogens with zero attached hydrogens (tertiary/aromatic N) is 1. The van der Waals surface area contributed by atoms with E-state index in [1.165, 1.54) is 5.56 Å². The number of ether oxygens (including phenoxy) is 2. The van der Waals surface area contributed by atoms with Gasteiger partial charge in [-0.05, 0) is 47.5 Å². The van der Waals surface area contributed by atoms with Gasteiger partial charge in [-0.2, -0.15) is 0 Å². The molecule has 2 rings (SSSR count). The molecule has 0 radical (unpaired) electrons. The molecular formula is C16H25BrN2O2. The van der Waals surface area contributed by atoms with Crippen molar-refractivity contribution in [3.8, 4) is 5.75 Å². The van der Waals surface area contributed by atoms with Gasteiger partial charge in [-0.15, -0.1) is 0 Å². The van der Waals surface area contributed by atoms with Crippen LogP contribution in [0, 0.1) is 0 Å². The van der Waals surface area contributed by atoms with Crippen LogP contribution in [-0.4, -0.2) is 50.4 Å². The van der Waals surface area contributed by atoms with E-state index in [1.807, 2.05) is 19.9 Å². The number of hydrogen-bond donors (Lipinski definition) is 1. The van der Waals surface area contributed by atoms with Crippen molar-refractivity contribution in [2.45, 2.75) is 26.5 Å². The van der Waals surface area contributed by atoms with Crippen molar-refractivity contribution in [3.63, 3.8) is 0 Å². The molecule has 0 unspecified atom stereocenters. The molecule has 1 aliphatic heterocycles. The first-order chi connectivity index (χ1) is 10.1. The molecule has 0 amide bonds. The Morgan fingerprint density at radius 1 is 1.33 bits per heavy atom. The maximum Gasteiger partial charge on any atom is 0.133 e. The Morgan fingerprint density at radius 3 is 2.76 bits per heavy atom. The lowest BCUT2D eigenvalue weighted by Crippen LogP contribution is -2.40. The van der Waals surface area contributed by atoms with Crippen molar-refractivity contribution in [1.82, 2.24) is 10.2 Å². The van der Waals surface area contributed by atoms with Crippen LogP contribution in [0.15, 0.2) is 22.7 Å². The predicted molar refractivity (Wildman–Crippen MR) is 88.9 cm³/mol. The average Bonchev–Trinajstić information content (AvgIpc) is 2.47. The molecule has 0 saturated carbocycles. The standard InChI is InChI=1S/C16H25BrN2O2/c1-13(2)21-16-4-3-14(11-15(16)17)12-18-5-6-19-7-9-20-10-8-19/h3-4,11,13,18H,5-10,12H2,1-2H3. The van der Waals surface area contributed by atoms with Gasteiger partial charge in [0.15, 0.2) is 0 Å². The molecule has 0 aromatic heterocycles. The molecule has 0 aliphatic carbocycles. The minimum atomic E-state index is 0.193. The van der Waals surface area contributed by atoms with Gasteiger partial charge in [-0.1, -0.05) is 6.07 Å². The maximum atomic E-state index is 5.72. The van der Waals surface area contributed by atoms with Crippen LogP contribution >= 0.6 is 15.9 Å². The normalized spacial score (nSPS) is 16.4. The van der Waals surface area contributed by atoms with E-state index in [2.05, 4.69) is 38.3 Å². The Kier molecular flexibility index (Phi) is 6.96. The zero-order chi connectivity index (χ0) is 15.1. The van der Waals surface area contributed by atoms with Crippen LogP contribution in [0.1, 0.15) is 19.4 Å². The van der Waals surface area contributed by atoms with Gasteiger partial charge in [0, 0.05) is 32.7 Å². The summed E-state index contributed by atoms with van der Waals surface area (Å²) in [6, 6.07) is 6.27. The molecular weight excluding hydrogens is 332 g/mol. The number of hydrogen-bond acceptors (Lipinski definition) is 4.